The van der Waals surface area contributed by atoms with Crippen LogP contribution in [0.3, 0.4) is 0 Å². The third-order valence-corrected chi connectivity index (χ3v) is 4.32. The van der Waals surface area contributed by atoms with Crippen LogP contribution >= 0.6 is 0 Å². The summed E-state index contributed by atoms with van der Waals surface area (Å²) < 4.78 is 24.0. The van der Waals surface area contributed by atoms with Crippen LogP contribution in [0.25, 0.3) is 0 Å². The molecule has 0 aliphatic heterocycles. The van der Waals surface area contributed by atoms with Gasteiger partial charge in [-0.2, -0.15) is 0 Å². The number of anilines is 1. The third-order valence-electron chi connectivity index (χ3n) is 2.67. The van der Waals surface area contributed by atoms with E-state index in [9.17, 15) is 8.42 Å². The van der Waals surface area contributed by atoms with Gasteiger partial charge in [-0.1, -0.05) is 13.8 Å². The molecule has 17 heavy (non-hydrogen) atoms. The SMILES string of the molecule is CCN(CC)CCS(=O)(=O)c1ncccc1N. The van der Waals surface area contributed by atoms with Crippen LogP contribution in [0.5, 0.6) is 0 Å². The fraction of sp³-hybridized carbons (Fsp3) is 0.545. The van der Waals surface area contributed by atoms with Crippen molar-refractivity contribution < 1.29 is 8.42 Å². The van der Waals surface area contributed by atoms with E-state index in [-0.39, 0.29) is 16.5 Å². The van der Waals surface area contributed by atoms with E-state index in [1.165, 1.54) is 6.20 Å². The van der Waals surface area contributed by atoms with Gasteiger partial charge in [0.1, 0.15) is 0 Å². The minimum atomic E-state index is -3.38. The first-order chi connectivity index (χ1) is 8.01. The first-order valence-corrected chi connectivity index (χ1v) is 7.32. The highest BCUT2D eigenvalue weighted by Gasteiger charge is 2.19. The average Bonchev–Trinajstić information content (AvgIpc) is 2.30. The largest absolute Gasteiger partial charge is 0.396 e. The number of nitrogens with two attached hydrogens (primary N) is 1. The zero-order valence-corrected chi connectivity index (χ0v) is 11.1. The molecule has 2 N–H and O–H groups in total. The number of hydrogen-bond acceptors (Lipinski definition) is 5. The molecule has 0 saturated carbocycles. The first kappa shape index (κ1) is 13.9. The molecule has 0 amide bonds. The van der Waals surface area contributed by atoms with E-state index < -0.39 is 9.84 Å². The standard InChI is InChI=1S/C11H19N3O2S/c1-3-14(4-2)8-9-17(15,16)11-10(12)6-5-7-13-11/h5-7H,3-4,8-9,12H2,1-2H3. The molecule has 6 heteroatoms. The Morgan fingerprint density at radius 3 is 2.53 bits per heavy atom. The van der Waals surface area contributed by atoms with Gasteiger partial charge >= 0.3 is 0 Å². The zero-order valence-electron chi connectivity index (χ0n) is 10.3. The van der Waals surface area contributed by atoms with Crippen LogP contribution in [-0.4, -0.2) is 43.7 Å². The zero-order chi connectivity index (χ0) is 12.9. The summed E-state index contributed by atoms with van der Waals surface area (Å²) in [5.74, 6) is 0.0515. The maximum atomic E-state index is 12.0. The summed E-state index contributed by atoms with van der Waals surface area (Å²) in [7, 11) is -3.38. The summed E-state index contributed by atoms with van der Waals surface area (Å²) in [4.78, 5) is 5.90. The van der Waals surface area contributed by atoms with Crippen LogP contribution < -0.4 is 5.73 Å². The highest BCUT2D eigenvalue weighted by molar-refractivity contribution is 7.91. The Kier molecular flexibility index (Phi) is 4.89. The van der Waals surface area contributed by atoms with E-state index in [1.54, 1.807) is 12.1 Å². The Morgan fingerprint density at radius 2 is 2.00 bits per heavy atom. The lowest BCUT2D eigenvalue weighted by atomic mass is 10.4. The molecule has 1 aromatic heterocycles. The molecule has 0 aliphatic rings. The van der Waals surface area contributed by atoms with Crippen molar-refractivity contribution in [2.24, 2.45) is 0 Å². The van der Waals surface area contributed by atoms with Crippen molar-refractivity contribution in [2.45, 2.75) is 18.9 Å². The maximum absolute atomic E-state index is 12.0. The van der Waals surface area contributed by atoms with Gasteiger partial charge in [0.05, 0.1) is 11.4 Å². The van der Waals surface area contributed by atoms with E-state index in [4.69, 9.17) is 5.73 Å². The predicted molar refractivity (Wildman–Crippen MR) is 68.5 cm³/mol. The van der Waals surface area contributed by atoms with Crippen LogP contribution in [0, 0.1) is 0 Å². The predicted octanol–water partition coefficient (Wildman–Crippen LogP) is 0.779. The molecule has 1 aromatic rings. The van der Waals surface area contributed by atoms with Crippen LogP contribution in [0.15, 0.2) is 23.4 Å². The highest BCUT2D eigenvalue weighted by atomic mass is 32.2. The van der Waals surface area contributed by atoms with Crippen molar-refractivity contribution in [3.63, 3.8) is 0 Å². The highest BCUT2D eigenvalue weighted by Crippen LogP contribution is 2.15. The monoisotopic (exact) mass is 257 g/mol. The number of nitrogen functional groups attached to an aromatic ring is 1. The summed E-state index contributed by atoms with van der Waals surface area (Å²) in [6, 6.07) is 3.18. The molecule has 0 radical (unpaired) electrons. The molecule has 0 aliphatic carbocycles. The average molecular weight is 257 g/mol. The molecule has 0 bridgehead atoms. The van der Waals surface area contributed by atoms with Gasteiger partial charge in [0.2, 0.25) is 0 Å². The van der Waals surface area contributed by atoms with Gasteiger partial charge in [-0.15, -0.1) is 0 Å². The van der Waals surface area contributed by atoms with Crippen LogP contribution in [-0.2, 0) is 9.84 Å². The smallest absolute Gasteiger partial charge is 0.198 e. The fourth-order valence-electron chi connectivity index (χ4n) is 1.55. The molecule has 0 fully saturated rings. The lowest BCUT2D eigenvalue weighted by molar-refractivity contribution is 0.321. The van der Waals surface area contributed by atoms with Crippen LogP contribution in [0.2, 0.25) is 0 Å². The van der Waals surface area contributed by atoms with E-state index >= 15 is 0 Å². The topological polar surface area (TPSA) is 76.3 Å². The number of pyridine rings is 1. The summed E-state index contributed by atoms with van der Waals surface area (Å²) in [6.07, 6.45) is 1.45. The number of sulfone groups is 1. The molecule has 0 saturated heterocycles. The van der Waals surface area contributed by atoms with Crippen LogP contribution in [0.1, 0.15) is 13.8 Å². The van der Waals surface area contributed by atoms with E-state index in [1.807, 2.05) is 13.8 Å². The third kappa shape index (κ3) is 3.67. The Bertz CT molecular complexity index is 456. The molecule has 5 nitrogen and oxygen atoms in total. The molecule has 0 aromatic carbocycles. The molecule has 0 atom stereocenters. The van der Waals surface area contributed by atoms with Crippen molar-refractivity contribution in [1.82, 2.24) is 9.88 Å². The minimum absolute atomic E-state index is 0.00726. The molecule has 1 heterocycles. The molecule has 0 unspecified atom stereocenters. The van der Waals surface area contributed by atoms with Gasteiger partial charge in [0.25, 0.3) is 0 Å². The van der Waals surface area contributed by atoms with Gasteiger partial charge in [-0.25, -0.2) is 13.4 Å². The van der Waals surface area contributed by atoms with Crippen molar-refractivity contribution in [1.29, 1.82) is 0 Å². The quantitative estimate of drug-likeness (QED) is 0.815. The lowest BCUT2D eigenvalue weighted by Gasteiger charge is -2.17. The number of aromatic nitrogens is 1. The lowest BCUT2D eigenvalue weighted by Crippen LogP contribution is -2.29. The van der Waals surface area contributed by atoms with Crippen molar-refractivity contribution in [3.8, 4) is 0 Å². The van der Waals surface area contributed by atoms with Gasteiger partial charge < -0.3 is 10.6 Å². The van der Waals surface area contributed by atoms with Gasteiger partial charge in [-0.05, 0) is 25.2 Å². The molecule has 1 rings (SSSR count). The van der Waals surface area contributed by atoms with Crippen molar-refractivity contribution >= 4 is 15.5 Å². The Balaban J connectivity index is 2.80. The molecular weight excluding hydrogens is 238 g/mol. The number of hydrogen-bond donors (Lipinski definition) is 1. The van der Waals surface area contributed by atoms with E-state index in [0.717, 1.165) is 13.1 Å². The second-order valence-electron chi connectivity index (χ2n) is 3.74. The molecular formula is C11H19N3O2S. The minimum Gasteiger partial charge on any atom is -0.396 e. The molecule has 96 valence electrons. The summed E-state index contributed by atoms with van der Waals surface area (Å²) in [5, 5.41) is -0.00726. The Hall–Kier alpha value is -1.14. The number of nitrogens with zero attached hydrogens (tertiary/aromatic N) is 2. The second kappa shape index (κ2) is 5.97. The van der Waals surface area contributed by atoms with Gasteiger partial charge in [-0.3, -0.25) is 0 Å². The maximum Gasteiger partial charge on any atom is 0.198 e. The fourth-order valence-corrected chi connectivity index (χ4v) is 2.89. The van der Waals surface area contributed by atoms with Crippen molar-refractivity contribution in [3.05, 3.63) is 18.3 Å². The second-order valence-corrected chi connectivity index (χ2v) is 5.77. The summed E-state index contributed by atoms with van der Waals surface area (Å²) in [5.41, 5.74) is 5.84. The van der Waals surface area contributed by atoms with Gasteiger partial charge in [0.15, 0.2) is 14.9 Å². The van der Waals surface area contributed by atoms with Crippen molar-refractivity contribution in [2.75, 3.05) is 31.1 Å². The van der Waals surface area contributed by atoms with E-state index in [0.29, 0.717) is 6.54 Å². The summed E-state index contributed by atoms with van der Waals surface area (Å²) in [6.45, 7) is 6.19. The summed E-state index contributed by atoms with van der Waals surface area (Å²) >= 11 is 0. The van der Waals surface area contributed by atoms with Gasteiger partial charge in [0, 0.05) is 12.7 Å². The first-order valence-electron chi connectivity index (χ1n) is 5.66. The van der Waals surface area contributed by atoms with E-state index in [2.05, 4.69) is 9.88 Å². The number of rotatable bonds is 6. The normalized spacial score (nSPS) is 11.9. The Labute approximate surface area is 103 Å². The van der Waals surface area contributed by atoms with Crippen LogP contribution in [0.4, 0.5) is 5.69 Å². The molecule has 0 spiro atoms. The Morgan fingerprint density at radius 1 is 1.35 bits per heavy atom.